The number of aromatic nitrogens is 4. The molecule has 0 unspecified atom stereocenters. The summed E-state index contributed by atoms with van der Waals surface area (Å²) < 4.78 is 1.88. The number of halogens is 1. The van der Waals surface area contributed by atoms with Gasteiger partial charge in [-0.3, -0.25) is 4.79 Å². The van der Waals surface area contributed by atoms with Gasteiger partial charge in [0, 0.05) is 36.5 Å². The van der Waals surface area contributed by atoms with Gasteiger partial charge in [-0.25, -0.2) is 0 Å². The third-order valence-corrected chi connectivity index (χ3v) is 3.75. The number of nitrogens with one attached hydrogen (secondary N) is 1. The highest BCUT2D eigenvalue weighted by atomic mass is 35.5. The van der Waals surface area contributed by atoms with Crippen molar-refractivity contribution >= 4 is 23.4 Å². The van der Waals surface area contributed by atoms with E-state index in [2.05, 4.69) is 15.2 Å². The Hall–Kier alpha value is -1.27. The minimum absolute atomic E-state index is 0.146. The summed E-state index contributed by atoms with van der Waals surface area (Å²) in [7, 11) is 1.89. The molecule has 2 heterocycles. The van der Waals surface area contributed by atoms with Crippen LogP contribution in [0.15, 0.2) is 28.3 Å². The van der Waals surface area contributed by atoms with Crippen LogP contribution in [0.5, 0.6) is 0 Å². The SMILES string of the molecule is Cn1c(SCCCCl)nnc1-c1cc[nH]c(=O)c1. The first-order valence-electron chi connectivity index (χ1n) is 5.49. The van der Waals surface area contributed by atoms with Crippen molar-refractivity contribution in [3.8, 4) is 11.4 Å². The largest absolute Gasteiger partial charge is 0.329 e. The maximum Gasteiger partial charge on any atom is 0.248 e. The van der Waals surface area contributed by atoms with Gasteiger partial charge in [0.1, 0.15) is 0 Å². The predicted octanol–water partition coefficient (Wildman–Crippen LogP) is 1.89. The van der Waals surface area contributed by atoms with Gasteiger partial charge < -0.3 is 9.55 Å². The van der Waals surface area contributed by atoms with Crippen molar-refractivity contribution in [1.29, 1.82) is 0 Å². The Labute approximate surface area is 114 Å². The molecule has 0 saturated heterocycles. The van der Waals surface area contributed by atoms with Crippen molar-refractivity contribution in [3.05, 3.63) is 28.7 Å². The molecule has 0 amide bonds. The van der Waals surface area contributed by atoms with Crippen molar-refractivity contribution in [1.82, 2.24) is 19.7 Å². The second-order valence-electron chi connectivity index (χ2n) is 3.70. The summed E-state index contributed by atoms with van der Waals surface area (Å²) in [5, 5.41) is 9.06. The lowest BCUT2D eigenvalue weighted by Crippen LogP contribution is -2.04. The van der Waals surface area contributed by atoms with Crippen LogP contribution >= 0.6 is 23.4 Å². The summed E-state index contributed by atoms with van der Waals surface area (Å²) in [6.45, 7) is 0. The lowest BCUT2D eigenvalue weighted by atomic mass is 10.2. The van der Waals surface area contributed by atoms with E-state index in [9.17, 15) is 4.79 Å². The molecular formula is C11H13ClN4OS. The maximum absolute atomic E-state index is 11.3. The third-order valence-electron chi connectivity index (χ3n) is 2.38. The second-order valence-corrected chi connectivity index (χ2v) is 5.14. The first-order valence-corrected chi connectivity index (χ1v) is 7.01. The van der Waals surface area contributed by atoms with Crippen LogP contribution in [-0.4, -0.2) is 31.4 Å². The van der Waals surface area contributed by atoms with Crippen LogP contribution in [-0.2, 0) is 7.05 Å². The fourth-order valence-corrected chi connectivity index (χ4v) is 2.64. The molecule has 0 radical (unpaired) electrons. The summed E-state index contributed by atoms with van der Waals surface area (Å²) in [6, 6.07) is 3.32. The van der Waals surface area contributed by atoms with Gasteiger partial charge in [-0.05, 0) is 12.5 Å². The molecular weight excluding hydrogens is 272 g/mol. The zero-order valence-corrected chi connectivity index (χ0v) is 11.5. The Morgan fingerprint density at radius 3 is 3.06 bits per heavy atom. The van der Waals surface area contributed by atoms with Crippen LogP contribution in [0.3, 0.4) is 0 Å². The molecule has 0 saturated carbocycles. The number of H-pyrrole nitrogens is 1. The van der Waals surface area contributed by atoms with Gasteiger partial charge in [0.25, 0.3) is 0 Å². The Morgan fingerprint density at radius 2 is 2.33 bits per heavy atom. The van der Waals surface area contributed by atoms with Crippen molar-refractivity contribution in [2.24, 2.45) is 7.05 Å². The molecule has 2 aromatic heterocycles. The normalized spacial score (nSPS) is 10.8. The van der Waals surface area contributed by atoms with Gasteiger partial charge in [0.05, 0.1) is 0 Å². The van der Waals surface area contributed by atoms with Crippen molar-refractivity contribution < 1.29 is 0 Å². The minimum Gasteiger partial charge on any atom is -0.329 e. The fraction of sp³-hybridized carbons (Fsp3) is 0.364. The molecule has 0 atom stereocenters. The molecule has 0 spiro atoms. The molecule has 0 aliphatic rings. The van der Waals surface area contributed by atoms with Crippen LogP contribution in [0.1, 0.15) is 6.42 Å². The van der Waals surface area contributed by atoms with E-state index < -0.39 is 0 Å². The van der Waals surface area contributed by atoms with Crippen LogP contribution in [0.2, 0.25) is 0 Å². The fourth-order valence-electron chi connectivity index (χ4n) is 1.49. The first-order chi connectivity index (χ1) is 8.72. The van der Waals surface area contributed by atoms with Gasteiger partial charge in [0.15, 0.2) is 11.0 Å². The van der Waals surface area contributed by atoms with E-state index in [1.54, 1.807) is 24.0 Å². The average molecular weight is 285 g/mol. The van der Waals surface area contributed by atoms with E-state index in [4.69, 9.17) is 11.6 Å². The van der Waals surface area contributed by atoms with Gasteiger partial charge in [-0.15, -0.1) is 21.8 Å². The summed E-state index contributed by atoms with van der Waals surface area (Å²) in [5.41, 5.74) is 0.616. The van der Waals surface area contributed by atoms with E-state index in [1.165, 1.54) is 6.07 Å². The molecule has 0 aliphatic heterocycles. The van der Waals surface area contributed by atoms with Crippen LogP contribution < -0.4 is 5.56 Å². The zero-order chi connectivity index (χ0) is 13.0. The van der Waals surface area contributed by atoms with E-state index in [-0.39, 0.29) is 5.56 Å². The Balaban J connectivity index is 2.22. The summed E-state index contributed by atoms with van der Waals surface area (Å²) >= 11 is 7.24. The molecule has 7 heteroatoms. The molecule has 2 rings (SSSR count). The lowest BCUT2D eigenvalue weighted by Gasteiger charge is -2.02. The quantitative estimate of drug-likeness (QED) is 0.517. The van der Waals surface area contributed by atoms with Gasteiger partial charge >= 0.3 is 0 Å². The van der Waals surface area contributed by atoms with Crippen molar-refractivity contribution in [2.75, 3.05) is 11.6 Å². The molecule has 0 bridgehead atoms. The first kappa shape index (κ1) is 13.2. The van der Waals surface area contributed by atoms with E-state index in [0.717, 1.165) is 22.9 Å². The molecule has 96 valence electrons. The monoisotopic (exact) mass is 284 g/mol. The Bertz CT molecular complexity index is 580. The van der Waals surface area contributed by atoms with E-state index in [1.807, 2.05) is 11.6 Å². The van der Waals surface area contributed by atoms with Gasteiger partial charge in [-0.2, -0.15) is 0 Å². The minimum atomic E-state index is -0.146. The number of rotatable bonds is 5. The van der Waals surface area contributed by atoms with Crippen molar-refractivity contribution in [3.63, 3.8) is 0 Å². The number of hydrogen-bond acceptors (Lipinski definition) is 4. The van der Waals surface area contributed by atoms with Crippen molar-refractivity contribution in [2.45, 2.75) is 11.6 Å². The summed E-state index contributed by atoms with van der Waals surface area (Å²) in [6.07, 6.45) is 2.53. The van der Waals surface area contributed by atoms with E-state index >= 15 is 0 Å². The Kier molecular flexibility index (Phi) is 4.43. The number of aromatic amines is 1. The highest BCUT2D eigenvalue weighted by Crippen LogP contribution is 2.21. The molecule has 18 heavy (non-hydrogen) atoms. The second kappa shape index (κ2) is 6.06. The maximum atomic E-state index is 11.3. The molecule has 0 aromatic carbocycles. The smallest absolute Gasteiger partial charge is 0.248 e. The molecule has 1 N–H and O–H groups in total. The number of alkyl halides is 1. The zero-order valence-electron chi connectivity index (χ0n) is 9.89. The number of hydrogen-bond donors (Lipinski definition) is 1. The topological polar surface area (TPSA) is 63.6 Å². The summed E-state index contributed by atoms with van der Waals surface area (Å²) in [5.74, 6) is 2.24. The standard InChI is InChI=1S/C11H13ClN4OS/c1-16-10(8-3-5-13-9(17)7-8)14-15-11(16)18-6-2-4-12/h3,5,7H,2,4,6H2,1H3,(H,13,17). The van der Waals surface area contributed by atoms with Crippen LogP contribution in [0.4, 0.5) is 0 Å². The predicted molar refractivity (Wildman–Crippen MR) is 73.1 cm³/mol. The van der Waals surface area contributed by atoms with Crippen LogP contribution in [0, 0.1) is 0 Å². The average Bonchev–Trinajstić information content (AvgIpc) is 2.72. The Morgan fingerprint density at radius 1 is 1.50 bits per heavy atom. The molecule has 5 nitrogen and oxygen atoms in total. The van der Waals surface area contributed by atoms with Gasteiger partial charge in [0.2, 0.25) is 5.56 Å². The third kappa shape index (κ3) is 2.94. The number of nitrogens with zero attached hydrogens (tertiary/aromatic N) is 3. The van der Waals surface area contributed by atoms with Crippen LogP contribution in [0.25, 0.3) is 11.4 Å². The number of thioether (sulfide) groups is 1. The van der Waals surface area contributed by atoms with Gasteiger partial charge in [-0.1, -0.05) is 11.8 Å². The molecule has 0 fully saturated rings. The summed E-state index contributed by atoms with van der Waals surface area (Å²) in [4.78, 5) is 13.8. The molecule has 2 aromatic rings. The van der Waals surface area contributed by atoms with E-state index in [0.29, 0.717) is 11.7 Å². The number of pyridine rings is 1. The highest BCUT2D eigenvalue weighted by Gasteiger charge is 2.11. The highest BCUT2D eigenvalue weighted by molar-refractivity contribution is 7.99. The molecule has 0 aliphatic carbocycles. The lowest BCUT2D eigenvalue weighted by molar-refractivity contribution is 0.793.